The molecule has 2 rings (SSSR count). The van der Waals surface area contributed by atoms with Gasteiger partial charge in [0.1, 0.15) is 0 Å². The number of rotatable bonds is 3. The van der Waals surface area contributed by atoms with Crippen LogP contribution >= 0.6 is 0 Å². The number of hydrogen-bond acceptors (Lipinski definition) is 3. The molecule has 1 aliphatic carbocycles. The summed E-state index contributed by atoms with van der Waals surface area (Å²) in [6.07, 6.45) is 3.89. The lowest BCUT2D eigenvalue weighted by Crippen LogP contribution is -2.41. The lowest BCUT2D eigenvalue weighted by molar-refractivity contribution is -0.313. The lowest BCUT2D eigenvalue weighted by atomic mass is 9.82. The van der Waals surface area contributed by atoms with Crippen LogP contribution in [0.1, 0.15) is 12.8 Å². The molecule has 1 aromatic rings. The van der Waals surface area contributed by atoms with Crippen LogP contribution in [0.3, 0.4) is 0 Å². The van der Waals surface area contributed by atoms with Gasteiger partial charge in [-0.05, 0) is 25.0 Å². The molecule has 1 aliphatic rings. The minimum absolute atomic E-state index is 0.0838. The number of benzene rings is 1. The molecule has 4 nitrogen and oxygen atoms in total. The molecule has 6 heteroatoms. The third kappa shape index (κ3) is 3.01. The van der Waals surface area contributed by atoms with Crippen LogP contribution in [0, 0.1) is 23.5 Å². The van der Waals surface area contributed by atoms with Crippen LogP contribution in [0.25, 0.3) is 0 Å². The van der Waals surface area contributed by atoms with Crippen LogP contribution in [-0.4, -0.2) is 11.9 Å². The van der Waals surface area contributed by atoms with Gasteiger partial charge in [-0.2, -0.15) is 0 Å². The molecule has 2 atom stereocenters. The number of amides is 1. The number of carboxylic acids is 1. The van der Waals surface area contributed by atoms with Gasteiger partial charge < -0.3 is 15.2 Å². The van der Waals surface area contributed by atoms with E-state index in [9.17, 15) is 23.5 Å². The van der Waals surface area contributed by atoms with Crippen molar-refractivity contribution in [2.24, 2.45) is 11.8 Å². The Balaban J connectivity index is 2.12. The molecule has 20 heavy (non-hydrogen) atoms. The van der Waals surface area contributed by atoms with Gasteiger partial charge in [0, 0.05) is 23.6 Å². The van der Waals surface area contributed by atoms with Gasteiger partial charge in [-0.1, -0.05) is 12.2 Å². The number of carbonyl (C=O) groups is 2. The first kappa shape index (κ1) is 14.2. The number of carboxylic acid groups (broad SMARTS) is 1. The summed E-state index contributed by atoms with van der Waals surface area (Å²) < 4.78 is 25.8. The maximum Gasteiger partial charge on any atom is 0.228 e. The second-order valence-corrected chi connectivity index (χ2v) is 4.59. The smallest absolute Gasteiger partial charge is 0.228 e. The van der Waals surface area contributed by atoms with Crippen molar-refractivity contribution in [2.45, 2.75) is 12.8 Å². The fourth-order valence-electron chi connectivity index (χ4n) is 2.17. The average molecular weight is 280 g/mol. The van der Waals surface area contributed by atoms with Gasteiger partial charge in [-0.15, -0.1) is 0 Å². The summed E-state index contributed by atoms with van der Waals surface area (Å²) >= 11 is 0. The molecule has 0 bridgehead atoms. The maximum absolute atomic E-state index is 13.0. The number of anilines is 1. The van der Waals surface area contributed by atoms with Crippen molar-refractivity contribution in [1.82, 2.24) is 0 Å². The number of aliphatic carboxylic acids is 1. The molecule has 1 amide bonds. The molecule has 1 N–H and O–H groups in total. The molecule has 0 unspecified atom stereocenters. The first-order valence-corrected chi connectivity index (χ1v) is 6.11. The standard InChI is InChI=1S/C14H13F2NO3/c15-11-6-5-8(7-12(11)16)17-13(18)9-3-1-2-4-10(9)14(19)20/h1-2,5-7,9-10H,3-4H2,(H,17,18)(H,19,20)/p-1/t9-,10-/m0/s1. The first-order valence-electron chi connectivity index (χ1n) is 6.11. The molecule has 0 aliphatic heterocycles. The van der Waals surface area contributed by atoms with Crippen LogP contribution in [0.4, 0.5) is 14.5 Å². The molecule has 0 saturated carbocycles. The second kappa shape index (κ2) is 5.81. The molecular weight excluding hydrogens is 268 g/mol. The highest BCUT2D eigenvalue weighted by molar-refractivity contribution is 5.95. The Labute approximate surface area is 114 Å². The topological polar surface area (TPSA) is 69.2 Å². The van der Waals surface area contributed by atoms with Gasteiger partial charge in [0.05, 0.1) is 5.92 Å². The average Bonchev–Trinajstić information content (AvgIpc) is 2.43. The predicted molar refractivity (Wildman–Crippen MR) is 65.3 cm³/mol. The summed E-state index contributed by atoms with van der Waals surface area (Å²) in [5, 5.41) is 13.4. The number of halogens is 2. The van der Waals surface area contributed by atoms with Crippen molar-refractivity contribution in [1.29, 1.82) is 0 Å². The fraction of sp³-hybridized carbons (Fsp3) is 0.286. The van der Waals surface area contributed by atoms with Crippen molar-refractivity contribution in [3.8, 4) is 0 Å². The molecule has 0 radical (unpaired) electrons. The Morgan fingerprint density at radius 2 is 1.75 bits per heavy atom. The number of hydrogen-bond donors (Lipinski definition) is 1. The summed E-state index contributed by atoms with van der Waals surface area (Å²) in [5.74, 6) is -5.63. The minimum atomic E-state index is -1.29. The second-order valence-electron chi connectivity index (χ2n) is 4.59. The zero-order chi connectivity index (χ0) is 14.7. The highest BCUT2D eigenvalue weighted by Gasteiger charge is 2.29. The SMILES string of the molecule is O=C([O-])[C@H]1CC=CC[C@@H]1C(=O)Nc1ccc(F)c(F)c1. The predicted octanol–water partition coefficient (Wildman–Crippen LogP) is 1.24. The van der Waals surface area contributed by atoms with Crippen LogP contribution in [0.15, 0.2) is 30.4 Å². The van der Waals surface area contributed by atoms with Gasteiger partial charge in [0.15, 0.2) is 11.6 Å². The van der Waals surface area contributed by atoms with Gasteiger partial charge in [-0.25, -0.2) is 8.78 Å². The largest absolute Gasteiger partial charge is 0.550 e. The number of carbonyl (C=O) groups excluding carboxylic acids is 2. The molecule has 1 aromatic carbocycles. The van der Waals surface area contributed by atoms with E-state index < -0.39 is 35.3 Å². The first-order chi connectivity index (χ1) is 9.49. The van der Waals surface area contributed by atoms with Gasteiger partial charge >= 0.3 is 0 Å². The quantitative estimate of drug-likeness (QED) is 0.847. The third-order valence-corrected chi connectivity index (χ3v) is 3.26. The number of allylic oxidation sites excluding steroid dienone is 2. The van der Waals surface area contributed by atoms with Crippen LogP contribution in [0.5, 0.6) is 0 Å². The molecule has 0 aromatic heterocycles. The lowest BCUT2D eigenvalue weighted by Gasteiger charge is -2.28. The van der Waals surface area contributed by atoms with E-state index in [2.05, 4.69) is 5.32 Å². The summed E-state index contributed by atoms with van der Waals surface area (Å²) in [7, 11) is 0. The summed E-state index contributed by atoms with van der Waals surface area (Å²) in [6, 6.07) is 2.95. The van der Waals surface area contributed by atoms with E-state index in [1.165, 1.54) is 6.07 Å². The molecular formula is C14H12F2NO3-. The van der Waals surface area contributed by atoms with Crippen molar-refractivity contribution in [3.63, 3.8) is 0 Å². The Morgan fingerprint density at radius 1 is 1.10 bits per heavy atom. The van der Waals surface area contributed by atoms with Crippen LogP contribution in [0.2, 0.25) is 0 Å². The van der Waals surface area contributed by atoms with Crippen LogP contribution in [-0.2, 0) is 9.59 Å². The Kier molecular flexibility index (Phi) is 4.12. The normalized spacial score (nSPS) is 21.5. The Hall–Kier alpha value is -2.24. The fourth-order valence-corrected chi connectivity index (χ4v) is 2.17. The zero-order valence-electron chi connectivity index (χ0n) is 10.4. The summed E-state index contributed by atoms with van der Waals surface area (Å²) in [5.41, 5.74) is 0.0838. The monoisotopic (exact) mass is 280 g/mol. The molecule has 0 saturated heterocycles. The Morgan fingerprint density at radius 3 is 2.35 bits per heavy atom. The number of nitrogens with one attached hydrogen (secondary N) is 1. The maximum atomic E-state index is 13.0. The molecule has 0 fully saturated rings. The summed E-state index contributed by atoms with van der Waals surface area (Å²) in [6.45, 7) is 0. The highest BCUT2D eigenvalue weighted by Crippen LogP contribution is 2.26. The molecule has 106 valence electrons. The van der Waals surface area contributed by atoms with E-state index in [4.69, 9.17) is 0 Å². The third-order valence-electron chi connectivity index (χ3n) is 3.26. The highest BCUT2D eigenvalue weighted by atomic mass is 19.2. The van der Waals surface area contributed by atoms with E-state index in [-0.39, 0.29) is 18.5 Å². The van der Waals surface area contributed by atoms with Crippen molar-refractivity contribution in [3.05, 3.63) is 42.0 Å². The van der Waals surface area contributed by atoms with Gasteiger partial charge in [-0.3, -0.25) is 4.79 Å². The van der Waals surface area contributed by atoms with E-state index in [0.717, 1.165) is 12.1 Å². The van der Waals surface area contributed by atoms with Crippen molar-refractivity contribution < 1.29 is 23.5 Å². The minimum Gasteiger partial charge on any atom is -0.550 e. The van der Waals surface area contributed by atoms with E-state index >= 15 is 0 Å². The van der Waals surface area contributed by atoms with Crippen LogP contribution < -0.4 is 10.4 Å². The van der Waals surface area contributed by atoms with Gasteiger partial charge in [0.2, 0.25) is 5.91 Å². The zero-order valence-corrected chi connectivity index (χ0v) is 10.4. The van der Waals surface area contributed by atoms with Gasteiger partial charge in [0.25, 0.3) is 0 Å². The molecule has 0 heterocycles. The summed E-state index contributed by atoms with van der Waals surface area (Å²) in [4.78, 5) is 23.0. The molecule has 0 spiro atoms. The van der Waals surface area contributed by atoms with E-state index in [1.54, 1.807) is 12.2 Å². The van der Waals surface area contributed by atoms with E-state index in [1.807, 2.05) is 0 Å². The van der Waals surface area contributed by atoms with E-state index in [0.29, 0.717) is 0 Å². The van der Waals surface area contributed by atoms with Crippen molar-refractivity contribution in [2.75, 3.05) is 5.32 Å². The van der Waals surface area contributed by atoms with Crippen molar-refractivity contribution >= 4 is 17.6 Å². The Bertz CT molecular complexity index is 572.